The number of carbonyl (C=O) groups excluding carboxylic acids is 2. The third-order valence-electron chi connectivity index (χ3n) is 16.3. The fraction of sp³-hybridized carbons (Fsp3) is 0.917. The predicted octanol–water partition coefficient (Wildman–Crippen LogP) is 2.04. The lowest BCUT2D eigenvalue weighted by molar-refractivity contribution is -0.326. The van der Waals surface area contributed by atoms with Gasteiger partial charge in [-0.05, 0) is 111 Å². The lowest BCUT2D eigenvalue weighted by Crippen LogP contribution is -2.62. The predicted molar refractivity (Wildman–Crippen MR) is 237 cm³/mol. The van der Waals surface area contributed by atoms with E-state index in [1.165, 1.54) is 58.5 Å². The molecular weight excluding hydrogens is 829 g/mol. The number of rotatable bonds is 24. The number of aliphatic hydroxyl groups excluding tert-OH is 8. The summed E-state index contributed by atoms with van der Waals surface area (Å²) in [5.74, 6) is 3.53. The number of ether oxygens (including phenoxy) is 4. The van der Waals surface area contributed by atoms with Crippen LogP contribution >= 0.6 is 0 Å². The number of nitrogens with one attached hydrogen (secondary N) is 1. The highest BCUT2D eigenvalue weighted by atomic mass is 16.7. The largest absolute Gasteiger partial charge is 0.394 e. The van der Waals surface area contributed by atoms with Gasteiger partial charge in [-0.15, -0.1) is 0 Å². The molecule has 9 N–H and O–H groups in total. The first-order valence-corrected chi connectivity index (χ1v) is 24.4. The summed E-state index contributed by atoms with van der Waals surface area (Å²) in [6.45, 7) is 11.7. The van der Waals surface area contributed by atoms with E-state index < -0.39 is 74.2 Å². The number of hydrogen-bond acceptors (Lipinski definition) is 14. The molecule has 1 heterocycles. The maximum absolute atomic E-state index is 13.0. The Balaban J connectivity index is 1.06. The minimum Gasteiger partial charge on any atom is -0.394 e. The second-order valence-corrected chi connectivity index (χ2v) is 20.8. The molecule has 5 rings (SSSR count). The Morgan fingerprint density at radius 2 is 1.66 bits per heavy atom. The highest BCUT2D eigenvalue weighted by molar-refractivity contribution is 5.81. The molecule has 16 nitrogen and oxygen atoms in total. The van der Waals surface area contributed by atoms with E-state index in [-0.39, 0.29) is 37.1 Å². The van der Waals surface area contributed by atoms with Gasteiger partial charge in [-0.2, -0.15) is 0 Å². The van der Waals surface area contributed by atoms with E-state index >= 15 is 0 Å². The van der Waals surface area contributed by atoms with E-state index in [1.54, 1.807) is 10.5 Å². The molecule has 0 aromatic carbocycles. The van der Waals surface area contributed by atoms with E-state index in [9.17, 15) is 50.4 Å². The minimum atomic E-state index is -2.18. The fourth-order valence-electron chi connectivity index (χ4n) is 12.6. The van der Waals surface area contributed by atoms with Crippen LogP contribution in [-0.2, 0) is 28.5 Å². The van der Waals surface area contributed by atoms with Crippen LogP contribution in [-0.4, -0.2) is 172 Å². The zero-order valence-electron chi connectivity index (χ0n) is 39.4. The second-order valence-electron chi connectivity index (χ2n) is 20.8. The van der Waals surface area contributed by atoms with Crippen molar-refractivity contribution in [1.29, 1.82) is 0 Å². The van der Waals surface area contributed by atoms with Crippen LogP contribution in [0.25, 0.3) is 0 Å². The molecule has 1 aliphatic heterocycles. The highest BCUT2D eigenvalue weighted by Gasteiger charge is 2.59. The van der Waals surface area contributed by atoms with Crippen molar-refractivity contribution in [2.24, 2.45) is 46.3 Å². The van der Waals surface area contributed by atoms with Gasteiger partial charge in [-0.25, -0.2) is 0 Å². The molecule has 16 heteroatoms. The summed E-state index contributed by atoms with van der Waals surface area (Å²) in [6.07, 6.45) is 0.775. The summed E-state index contributed by atoms with van der Waals surface area (Å²) in [7, 11) is 1.44. The molecule has 3 saturated carbocycles. The number of fused-ring (bicyclic) bond motifs is 5. The van der Waals surface area contributed by atoms with E-state index in [0.717, 1.165) is 54.8 Å². The monoisotopic (exact) mass is 913 g/mol. The zero-order valence-corrected chi connectivity index (χ0v) is 39.4. The number of nitrogens with zero attached hydrogens (tertiary/aromatic N) is 1. The lowest BCUT2D eigenvalue weighted by Gasteiger charge is -2.58. The molecule has 370 valence electrons. The van der Waals surface area contributed by atoms with Crippen LogP contribution in [0.5, 0.6) is 0 Å². The molecule has 0 bridgehead atoms. The number of carbonyl (C=O) groups is 2. The molecule has 0 aromatic rings. The topological polar surface area (TPSA) is 248 Å². The van der Waals surface area contributed by atoms with Gasteiger partial charge < -0.3 is 70.0 Å². The maximum atomic E-state index is 13.0. The Morgan fingerprint density at radius 3 is 2.34 bits per heavy atom. The molecule has 2 amide bonds. The lowest BCUT2D eigenvalue weighted by atomic mass is 9.47. The summed E-state index contributed by atoms with van der Waals surface area (Å²) < 4.78 is 22.2. The number of methoxy groups -OCH3 is 1. The summed E-state index contributed by atoms with van der Waals surface area (Å²) in [5, 5.41) is 83.8. The van der Waals surface area contributed by atoms with Crippen LogP contribution in [0.15, 0.2) is 11.6 Å². The van der Waals surface area contributed by atoms with Crippen LogP contribution < -0.4 is 5.32 Å². The van der Waals surface area contributed by atoms with Crippen LogP contribution in [0.4, 0.5) is 0 Å². The van der Waals surface area contributed by atoms with Crippen molar-refractivity contribution in [2.75, 3.05) is 53.2 Å². The van der Waals surface area contributed by atoms with Crippen molar-refractivity contribution in [2.45, 2.75) is 179 Å². The minimum absolute atomic E-state index is 0.00655. The Bertz CT molecular complexity index is 1500. The van der Waals surface area contributed by atoms with Crippen LogP contribution in [0.2, 0.25) is 0 Å². The number of allylic oxidation sites excluding steroid dienone is 1. The van der Waals surface area contributed by atoms with Gasteiger partial charge in [0.1, 0.15) is 49.3 Å². The highest BCUT2D eigenvalue weighted by Crippen LogP contribution is 2.67. The Hall–Kier alpha value is -1.80. The number of amides is 2. The first kappa shape index (κ1) is 53.2. The fourth-order valence-corrected chi connectivity index (χ4v) is 12.6. The molecule has 0 spiro atoms. The van der Waals surface area contributed by atoms with E-state index in [1.807, 2.05) is 0 Å². The summed E-state index contributed by atoms with van der Waals surface area (Å²) in [4.78, 5) is 27.5. The SMILES string of the molecule is COCC(=O)N(CCCNC(=O)[C@H](O)[C@@H](O)[C@H](O[C@@H]1O[C@H](CO)[C@H](O)[C@H](O)[C@H]1O)[C@H](O)CO)CCCO[C@H]1CC[C@@]2(C)C(=CC[C@H]3[C@@H]4CC[C@H]([C@H](C)CCCC(C)C)[C@@]4(C)CC[C@@H]32)C1. The normalized spacial score (nSPS) is 36.2. The third-order valence-corrected chi connectivity index (χ3v) is 16.3. The molecule has 0 aromatic heterocycles. The van der Waals surface area contributed by atoms with Crippen molar-refractivity contribution >= 4 is 11.8 Å². The first-order valence-electron chi connectivity index (χ1n) is 24.4. The molecule has 64 heavy (non-hydrogen) atoms. The maximum Gasteiger partial charge on any atom is 0.251 e. The van der Waals surface area contributed by atoms with E-state index in [4.69, 9.17) is 18.9 Å². The van der Waals surface area contributed by atoms with Gasteiger partial charge in [0.05, 0.1) is 19.3 Å². The first-order chi connectivity index (χ1) is 30.4. The Labute approximate surface area is 381 Å². The van der Waals surface area contributed by atoms with Gasteiger partial charge in [0.25, 0.3) is 5.91 Å². The number of hydrogen-bond donors (Lipinski definition) is 9. The number of aliphatic hydroxyl groups is 8. The van der Waals surface area contributed by atoms with Crippen LogP contribution in [0.1, 0.15) is 118 Å². The Morgan fingerprint density at radius 1 is 0.922 bits per heavy atom. The third kappa shape index (κ3) is 12.3. The average molecular weight is 913 g/mol. The van der Waals surface area contributed by atoms with E-state index in [0.29, 0.717) is 31.4 Å². The molecule has 0 radical (unpaired) electrons. The summed E-state index contributed by atoms with van der Waals surface area (Å²) in [6, 6.07) is 0. The standard InChI is InChI=1S/C48H84N2O14/c1-28(2)10-7-11-29(3)33-14-15-34-32-13-12-30-24-31(16-18-47(30,4)35(32)17-19-48(33,34)5)62-23-9-22-50(38(54)27-61-6)21-8-20-49-45(60)42(58)41(57)44(36(53)25-51)64-46-43(59)40(56)39(55)37(26-52)63-46/h12,28-29,31-37,39-44,46,51-53,55-59H,7-11,13-27H2,1-6H3,(H,49,60)/t29-,31+,32+,33-,34+,35+,36-,37-,39+,40+,41-,42-,43-,44-,46+,47+,48-/m1/s1. The Kier molecular flexibility index (Phi) is 19.9. The van der Waals surface area contributed by atoms with Gasteiger partial charge >= 0.3 is 0 Å². The van der Waals surface area contributed by atoms with Gasteiger partial charge in [0, 0.05) is 33.4 Å². The zero-order chi connectivity index (χ0) is 46.9. The van der Waals surface area contributed by atoms with Gasteiger partial charge in [0.15, 0.2) is 12.4 Å². The molecular formula is C48H84N2O14. The van der Waals surface area contributed by atoms with Crippen LogP contribution in [0.3, 0.4) is 0 Å². The van der Waals surface area contributed by atoms with Gasteiger partial charge in [0.2, 0.25) is 5.91 Å². The molecule has 1 saturated heterocycles. The van der Waals surface area contributed by atoms with Crippen molar-refractivity contribution in [3.8, 4) is 0 Å². The molecule has 4 aliphatic carbocycles. The van der Waals surface area contributed by atoms with Crippen molar-refractivity contribution in [3.63, 3.8) is 0 Å². The average Bonchev–Trinajstić information content (AvgIpc) is 3.63. The molecule has 4 fully saturated rings. The summed E-state index contributed by atoms with van der Waals surface area (Å²) in [5.41, 5.74) is 2.29. The van der Waals surface area contributed by atoms with Gasteiger partial charge in [-0.3, -0.25) is 9.59 Å². The van der Waals surface area contributed by atoms with E-state index in [2.05, 4.69) is 46.0 Å². The van der Waals surface area contributed by atoms with Crippen molar-refractivity contribution < 1.29 is 69.4 Å². The molecule has 5 aliphatic rings. The van der Waals surface area contributed by atoms with Gasteiger partial charge in [-0.1, -0.05) is 65.5 Å². The van der Waals surface area contributed by atoms with Crippen molar-refractivity contribution in [1.82, 2.24) is 10.2 Å². The van der Waals surface area contributed by atoms with Crippen LogP contribution in [0, 0.1) is 46.3 Å². The smallest absolute Gasteiger partial charge is 0.251 e. The molecule has 0 unspecified atom stereocenters. The molecule has 17 atom stereocenters. The second kappa shape index (κ2) is 24.0. The van der Waals surface area contributed by atoms with Crippen molar-refractivity contribution in [3.05, 3.63) is 11.6 Å². The quantitative estimate of drug-likeness (QED) is 0.0497. The summed E-state index contributed by atoms with van der Waals surface area (Å²) >= 11 is 0.